The summed E-state index contributed by atoms with van der Waals surface area (Å²) in [6, 6.07) is 0. The van der Waals surface area contributed by atoms with E-state index < -0.39 is 6.23 Å². The van der Waals surface area contributed by atoms with Crippen molar-refractivity contribution < 1.29 is 14.7 Å². The number of hydrogen-bond acceptors (Lipinski definition) is 4. The first-order valence-corrected chi connectivity index (χ1v) is 6.40. The second kappa shape index (κ2) is 11.0. The summed E-state index contributed by atoms with van der Waals surface area (Å²) in [4.78, 5) is 24.2. The Kier molecular flexibility index (Phi) is 9.90. The summed E-state index contributed by atoms with van der Waals surface area (Å²) >= 11 is 0. The fraction of sp³-hybridized carbons (Fsp3) is 0.429. The van der Waals surface area contributed by atoms with Crippen molar-refractivity contribution in [2.75, 3.05) is 26.2 Å². The van der Waals surface area contributed by atoms with Crippen molar-refractivity contribution in [2.24, 2.45) is 0 Å². The van der Waals surface area contributed by atoms with Crippen molar-refractivity contribution in [1.82, 2.24) is 15.5 Å². The molecule has 3 N–H and O–H groups in total. The Morgan fingerprint density at radius 3 is 2.40 bits per heavy atom. The van der Waals surface area contributed by atoms with Crippen LogP contribution < -0.4 is 10.6 Å². The molecule has 0 aliphatic rings. The highest BCUT2D eigenvalue weighted by Crippen LogP contribution is 1.94. The van der Waals surface area contributed by atoms with E-state index in [2.05, 4.69) is 30.4 Å². The van der Waals surface area contributed by atoms with Crippen LogP contribution in [0.2, 0.25) is 0 Å². The molecule has 0 radical (unpaired) electrons. The molecule has 0 saturated carbocycles. The SMILES string of the molecule is C=CC(=O)NCCCN(CCNC(O)C=C)C(=O)C=C. The van der Waals surface area contributed by atoms with E-state index in [0.29, 0.717) is 32.6 Å². The van der Waals surface area contributed by atoms with Gasteiger partial charge in [0.1, 0.15) is 6.23 Å². The Hall–Kier alpha value is -1.92. The van der Waals surface area contributed by atoms with E-state index in [9.17, 15) is 14.7 Å². The van der Waals surface area contributed by atoms with Crippen LogP contribution in [-0.2, 0) is 9.59 Å². The first-order valence-electron chi connectivity index (χ1n) is 6.40. The number of carbonyl (C=O) groups is 2. The fourth-order valence-electron chi connectivity index (χ4n) is 1.45. The van der Waals surface area contributed by atoms with Gasteiger partial charge in [-0.2, -0.15) is 0 Å². The lowest BCUT2D eigenvalue weighted by atomic mass is 10.3. The van der Waals surface area contributed by atoms with Gasteiger partial charge in [-0.25, -0.2) is 0 Å². The molecule has 1 atom stereocenters. The lowest BCUT2D eigenvalue weighted by Crippen LogP contribution is -2.40. The molecule has 0 spiro atoms. The van der Waals surface area contributed by atoms with E-state index in [-0.39, 0.29) is 11.8 Å². The minimum atomic E-state index is -0.789. The number of carbonyl (C=O) groups excluding carboxylic acids is 2. The summed E-state index contributed by atoms with van der Waals surface area (Å²) in [6.45, 7) is 12.1. The lowest BCUT2D eigenvalue weighted by molar-refractivity contribution is -0.126. The van der Waals surface area contributed by atoms with E-state index in [4.69, 9.17) is 0 Å². The van der Waals surface area contributed by atoms with Gasteiger partial charge in [0.25, 0.3) is 0 Å². The first-order chi connectivity index (χ1) is 9.54. The Labute approximate surface area is 119 Å². The minimum absolute atomic E-state index is 0.185. The number of rotatable bonds is 11. The average molecular weight is 281 g/mol. The van der Waals surface area contributed by atoms with Gasteiger partial charge in [0, 0.05) is 26.2 Å². The van der Waals surface area contributed by atoms with Crippen LogP contribution in [0.25, 0.3) is 0 Å². The number of amides is 2. The Bertz CT molecular complexity index is 356. The van der Waals surface area contributed by atoms with E-state index in [1.807, 2.05) is 0 Å². The Morgan fingerprint density at radius 2 is 1.85 bits per heavy atom. The molecule has 20 heavy (non-hydrogen) atoms. The van der Waals surface area contributed by atoms with Crippen molar-refractivity contribution >= 4 is 11.8 Å². The highest BCUT2D eigenvalue weighted by molar-refractivity contribution is 5.87. The highest BCUT2D eigenvalue weighted by atomic mass is 16.3. The second-order valence-corrected chi connectivity index (χ2v) is 4.01. The molecule has 0 aliphatic carbocycles. The van der Waals surface area contributed by atoms with E-state index in [1.54, 1.807) is 4.90 Å². The summed E-state index contributed by atoms with van der Waals surface area (Å²) in [5.74, 6) is -0.419. The molecule has 0 aromatic heterocycles. The zero-order valence-electron chi connectivity index (χ0n) is 11.7. The topological polar surface area (TPSA) is 81.7 Å². The maximum Gasteiger partial charge on any atom is 0.245 e. The number of nitrogens with one attached hydrogen (secondary N) is 2. The number of aliphatic hydroxyl groups is 1. The van der Waals surface area contributed by atoms with Crippen molar-refractivity contribution in [1.29, 1.82) is 0 Å². The van der Waals surface area contributed by atoms with E-state index in [1.165, 1.54) is 18.2 Å². The lowest BCUT2D eigenvalue weighted by Gasteiger charge is -2.22. The van der Waals surface area contributed by atoms with Crippen molar-refractivity contribution in [3.63, 3.8) is 0 Å². The average Bonchev–Trinajstić information content (AvgIpc) is 2.47. The summed E-state index contributed by atoms with van der Waals surface area (Å²) in [5.41, 5.74) is 0. The van der Waals surface area contributed by atoms with Gasteiger partial charge in [0.05, 0.1) is 0 Å². The molecule has 2 amide bonds. The Balaban J connectivity index is 4.05. The molecule has 112 valence electrons. The van der Waals surface area contributed by atoms with Gasteiger partial charge >= 0.3 is 0 Å². The number of aliphatic hydroxyl groups excluding tert-OH is 1. The van der Waals surface area contributed by atoms with Gasteiger partial charge in [0.2, 0.25) is 11.8 Å². The quantitative estimate of drug-likeness (QED) is 0.212. The van der Waals surface area contributed by atoms with Crippen LogP contribution >= 0.6 is 0 Å². The second-order valence-electron chi connectivity index (χ2n) is 4.01. The smallest absolute Gasteiger partial charge is 0.245 e. The molecular formula is C14H23N3O3. The minimum Gasteiger partial charge on any atom is -0.375 e. The number of nitrogens with zero attached hydrogens (tertiary/aromatic N) is 1. The predicted molar refractivity (Wildman–Crippen MR) is 78.8 cm³/mol. The van der Waals surface area contributed by atoms with Crippen LogP contribution in [0.3, 0.4) is 0 Å². The summed E-state index contributed by atoms with van der Waals surface area (Å²) in [7, 11) is 0. The highest BCUT2D eigenvalue weighted by Gasteiger charge is 2.10. The molecule has 0 fully saturated rings. The third-order valence-corrected chi connectivity index (χ3v) is 2.53. The van der Waals surface area contributed by atoms with Gasteiger partial charge < -0.3 is 15.3 Å². The zero-order valence-corrected chi connectivity index (χ0v) is 11.7. The third-order valence-electron chi connectivity index (χ3n) is 2.53. The summed E-state index contributed by atoms with van der Waals surface area (Å²) in [5, 5.41) is 14.7. The van der Waals surface area contributed by atoms with Gasteiger partial charge in [-0.3, -0.25) is 14.9 Å². The molecule has 0 aromatic carbocycles. The van der Waals surface area contributed by atoms with Crippen molar-refractivity contribution in [3.05, 3.63) is 38.0 Å². The third kappa shape index (κ3) is 8.23. The van der Waals surface area contributed by atoms with Crippen LogP contribution in [0, 0.1) is 0 Å². The van der Waals surface area contributed by atoms with Gasteiger partial charge in [0.15, 0.2) is 0 Å². The molecule has 0 aliphatic heterocycles. The Morgan fingerprint density at radius 1 is 1.15 bits per heavy atom. The van der Waals surface area contributed by atoms with Gasteiger partial charge in [-0.05, 0) is 24.6 Å². The zero-order chi connectivity index (χ0) is 15.4. The molecule has 0 aromatic rings. The predicted octanol–water partition coefficient (Wildman–Crippen LogP) is -0.213. The molecule has 6 nitrogen and oxygen atoms in total. The molecule has 0 heterocycles. The molecular weight excluding hydrogens is 258 g/mol. The van der Waals surface area contributed by atoms with Gasteiger partial charge in [-0.15, -0.1) is 0 Å². The van der Waals surface area contributed by atoms with Crippen LogP contribution in [0.1, 0.15) is 6.42 Å². The van der Waals surface area contributed by atoms with Crippen LogP contribution in [0.5, 0.6) is 0 Å². The molecule has 6 heteroatoms. The van der Waals surface area contributed by atoms with Crippen molar-refractivity contribution in [3.8, 4) is 0 Å². The van der Waals surface area contributed by atoms with Gasteiger partial charge in [-0.1, -0.05) is 19.7 Å². The maximum atomic E-state index is 11.6. The largest absolute Gasteiger partial charge is 0.375 e. The van der Waals surface area contributed by atoms with Crippen molar-refractivity contribution in [2.45, 2.75) is 12.6 Å². The monoisotopic (exact) mass is 281 g/mol. The normalized spacial score (nSPS) is 11.2. The van der Waals surface area contributed by atoms with E-state index in [0.717, 1.165) is 0 Å². The maximum absolute atomic E-state index is 11.6. The summed E-state index contributed by atoms with van der Waals surface area (Å²) < 4.78 is 0. The standard InChI is InChI=1S/C14H23N3O3/c1-4-12(18)15-8-7-10-17(14(20)6-3)11-9-16-13(19)5-2/h4-6,13,16,19H,1-3,7-11H2,(H,15,18). The fourth-order valence-corrected chi connectivity index (χ4v) is 1.45. The molecule has 0 rings (SSSR count). The molecule has 0 bridgehead atoms. The van der Waals surface area contributed by atoms with Crippen LogP contribution in [0.15, 0.2) is 38.0 Å². The van der Waals surface area contributed by atoms with E-state index >= 15 is 0 Å². The molecule has 1 unspecified atom stereocenters. The number of hydrogen-bond donors (Lipinski definition) is 3. The van der Waals surface area contributed by atoms with Crippen LogP contribution in [0.4, 0.5) is 0 Å². The van der Waals surface area contributed by atoms with Crippen LogP contribution in [-0.4, -0.2) is 54.2 Å². The first kappa shape index (κ1) is 18.1. The summed E-state index contributed by atoms with van der Waals surface area (Å²) in [6.07, 6.45) is 3.65. The molecule has 0 saturated heterocycles.